The zero-order chi connectivity index (χ0) is 24.2. The number of carbonyl (C=O) groups excluding carboxylic acids is 2. The van der Waals surface area contributed by atoms with Gasteiger partial charge in [-0.1, -0.05) is 18.2 Å². The molecule has 4 aromatic rings. The number of amides is 3. The smallest absolute Gasteiger partial charge is 0.323 e. The number of anilines is 3. The molecule has 3 N–H and O–H groups in total. The van der Waals surface area contributed by atoms with Crippen molar-refractivity contribution in [1.82, 2.24) is 9.78 Å². The average molecular weight is 470 g/mol. The Hall–Kier alpha value is -4.79. The molecule has 3 amide bonds. The summed E-state index contributed by atoms with van der Waals surface area (Å²) in [5.41, 5.74) is 4.00. The van der Waals surface area contributed by atoms with E-state index in [1.54, 1.807) is 47.3 Å². The van der Waals surface area contributed by atoms with Gasteiger partial charge in [0.05, 0.1) is 23.8 Å². The fraction of sp³-hybridized carbons (Fsp3) is 0.115. The molecule has 1 aliphatic rings. The average Bonchev–Trinajstić information content (AvgIpc) is 3.32. The molecule has 0 spiro atoms. The van der Waals surface area contributed by atoms with E-state index < -0.39 is 0 Å². The van der Waals surface area contributed by atoms with Gasteiger partial charge in [-0.05, 0) is 55.0 Å². The molecule has 0 saturated carbocycles. The van der Waals surface area contributed by atoms with Crippen LogP contribution in [-0.2, 0) is 0 Å². The highest BCUT2D eigenvalue weighted by Crippen LogP contribution is 2.32. The van der Waals surface area contributed by atoms with E-state index >= 15 is 0 Å². The number of hydrogen-bond donors (Lipinski definition) is 3. The lowest BCUT2D eigenvalue weighted by Crippen LogP contribution is -2.19. The van der Waals surface area contributed by atoms with Crippen molar-refractivity contribution < 1.29 is 19.1 Å². The molecule has 9 heteroatoms. The number of nitrogens with one attached hydrogen (secondary N) is 3. The number of hydrogen-bond acceptors (Lipinski definition) is 5. The third kappa shape index (κ3) is 5.25. The van der Waals surface area contributed by atoms with Crippen molar-refractivity contribution >= 4 is 29.0 Å². The summed E-state index contributed by atoms with van der Waals surface area (Å²) in [7, 11) is 0. The first-order valence-electron chi connectivity index (χ1n) is 11.0. The Morgan fingerprint density at radius 3 is 2.46 bits per heavy atom. The molecule has 0 radical (unpaired) electrons. The lowest BCUT2D eigenvalue weighted by Gasteiger charge is -2.19. The maximum Gasteiger partial charge on any atom is 0.323 e. The minimum Gasteiger partial charge on any atom is -0.486 e. The van der Waals surface area contributed by atoms with Crippen molar-refractivity contribution in [1.29, 1.82) is 0 Å². The second kappa shape index (κ2) is 9.60. The van der Waals surface area contributed by atoms with Gasteiger partial charge >= 0.3 is 6.03 Å². The van der Waals surface area contributed by atoms with Gasteiger partial charge in [-0.2, -0.15) is 5.10 Å². The van der Waals surface area contributed by atoms with Gasteiger partial charge in [0.1, 0.15) is 13.2 Å². The van der Waals surface area contributed by atoms with E-state index in [1.165, 1.54) is 6.20 Å². The SMILES string of the molecule is Cc1cccc(NC(=O)Nc2cnn(-c3cccc(C(=O)Nc4ccc5c(c4)OCCO5)c3)c2)c1. The number of nitrogens with zero attached hydrogens (tertiary/aromatic N) is 2. The second-order valence-electron chi connectivity index (χ2n) is 7.99. The summed E-state index contributed by atoms with van der Waals surface area (Å²) in [6.45, 7) is 2.94. The van der Waals surface area contributed by atoms with E-state index in [-0.39, 0.29) is 11.9 Å². The van der Waals surface area contributed by atoms with Gasteiger partial charge in [-0.25, -0.2) is 9.48 Å². The molecule has 176 valence electrons. The first-order chi connectivity index (χ1) is 17.0. The van der Waals surface area contributed by atoms with Crippen molar-refractivity contribution in [3.63, 3.8) is 0 Å². The Bertz CT molecular complexity index is 1400. The number of carbonyl (C=O) groups is 2. The molecule has 2 heterocycles. The Kier molecular flexibility index (Phi) is 6.04. The number of rotatable bonds is 5. The van der Waals surface area contributed by atoms with Crippen LogP contribution in [0.5, 0.6) is 11.5 Å². The first-order valence-corrected chi connectivity index (χ1v) is 11.0. The summed E-state index contributed by atoms with van der Waals surface area (Å²) in [5.74, 6) is 0.990. The van der Waals surface area contributed by atoms with Gasteiger partial charge < -0.3 is 25.4 Å². The molecule has 0 unspecified atom stereocenters. The molecule has 1 aliphatic heterocycles. The van der Waals surface area contributed by atoms with Crippen LogP contribution in [0.3, 0.4) is 0 Å². The number of aryl methyl sites for hydroxylation is 1. The van der Waals surface area contributed by atoms with E-state index in [1.807, 2.05) is 37.3 Å². The molecular formula is C26H23N5O4. The molecule has 1 aromatic heterocycles. The molecule has 35 heavy (non-hydrogen) atoms. The minimum atomic E-state index is -0.372. The topological polar surface area (TPSA) is 107 Å². The van der Waals surface area contributed by atoms with Crippen LogP contribution in [-0.4, -0.2) is 34.9 Å². The summed E-state index contributed by atoms with van der Waals surface area (Å²) < 4.78 is 12.7. The predicted octanol–water partition coefficient (Wildman–Crippen LogP) is 4.85. The summed E-state index contributed by atoms with van der Waals surface area (Å²) in [4.78, 5) is 25.2. The first kappa shape index (κ1) is 22.0. The number of benzene rings is 3. The maximum absolute atomic E-state index is 12.8. The van der Waals surface area contributed by atoms with Crippen LogP contribution in [0.2, 0.25) is 0 Å². The number of aromatic nitrogens is 2. The Morgan fingerprint density at radius 1 is 0.829 bits per heavy atom. The van der Waals surface area contributed by atoms with Crippen molar-refractivity contribution in [3.8, 4) is 17.2 Å². The Labute approximate surface area is 201 Å². The van der Waals surface area contributed by atoms with Crippen molar-refractivity contribution in [2.45, 2.75) is 6.92 Å². The van der Waals surface area contributed by atoms with Crippen LogP contribution in [0, 0.1) is 6.92 Å². The van der Waals surface area contributed by atoms with Crippen molar-refractivity contribution in [2.24, 2.45) is 0 Å². The van der Waals surface area contributed by atoms with Crippen LogP contribution < -0.4 is 25.4 Å². The summed E-state index contributed by atoms with van der Waals surface area (Å²) in [6.07, 6.45) is 3.21. The maximum atomic E-state index is 12.8. The number of ether oxygens (including phenoxy) is 2. The highest BCUT2D eigenvalue weighted by Gasteiger charge is 2.14. The summed E-state index contributed by atoms with van der Waals surface area (Å²) in [5, 5.41) is 12.7. The van der Waals surface area contributed by atoms with E-state index in [4.69, 9.17) is 9.47 Å². The molecule has 0 fully saturated rings. The Balaban J connectivity index is 1.25. The standard InChI is InChI=1S/C26H23N5O4/c1-17-4-2-6-19(12-17)29-26(33)30-21-15-27-31(16-21)22-7-3-5-18(13-22)25(32)28-20-8-9-23-24(14-20)35-11-10-34-23/h2-9,12-16H,10-11H2,1H3,(H,28,32)(H2,29,30,33). The highest BCUT2D eigenvalue weighted by atomic mass is 16.6. The second-order valence-corrected chi connectivity index (χ2v) is 7.99. The zero-order valence-electron chi connectivity index (χ0n) is 18.9. The monoisotopic (exact) mass is 469 g/mol. The van der Waals surface area contributed by atoms with Gasteiger partial charge in [-0.15, -0.1) is 0 Å². The minimum absolute atomic E-state index is 0.272. The van der Waals surface area contributed by atoms with Crippen molar-refractivity contribution in [3.05, 3.63) is 90.3 Å². The van der Waals surface area contributed by atoms with E-state index in [9.17, 15) is 9.59 Å². The van der Waals surface area contributed by atoms with Crippen molar-refractivity contribution in [2.75, 3.05) is 29.2 Å². The van der Waals surface area contributed by atoms with Crippen LogP contribution in [0.4, 0.5) is 21.9 Å². The molecule has 0 atom stereocenters. The van der Waals surface area contributed by atoms with E-state index in [0.717, 1.165) is 5.56 Å². The molecule has 9 nitrogen and oxygen atoms in total. The normalized spacial score (nSPS) is 12.0. The zero-order valence-corrected chi connectivity index (χ0v) is 18.9. The van der Waals surface area contributed by atoms with Crippen LogP contribution in [0.1, 0.15) is 15.9 Å². The lowest BCUT2D eigenvalue weighted by atomic mass is 10.1. The van der Waals surface area contributed by atoms with Crippen LogP contribution >= 0.6 is 0 Å². The molecule has 0 aliphatic carbocycles. The molecule has 5 rings (SSSR count). The van der Waals surface area contributed by atoms with Gasteiger partial charge in [-0.3, -0.25) is 4.79 Å². The number of urea groups is 1. The highest BCUT2D eigenvalue weighted by molar-refractivity contribution is 6.04. The van der Waals surface area contributed by atoms with Gasteiger partial charge in [0.2, 0.25) is 0 Å². The third-order valence-corrected chi connectivity index (χ3v) is 5.29. The fourth-order valence-corrected chi connectivity index (χ4v) is 3.66. The molecule has 3 aromatic carbocycles. The third-order valence-electron chi connectivity index (χ3n) is 5.29. The summed E-state index contributed by atoms with van der Waals surface area (Å²) in [6, 6.07) is 19.5. The Morgan fingerprint density at radius 2 is 1.60 bits per heavy atom. The van der Waals surface area contributed by atoms with Crippen LogP contribution in [0.25, 0.3) is 5.69 Å². The van der Waals surface area contributed by atoms with E-state index in [0.29, 0.717) is 53.0 Å². The molecular weight excluding hydrogens is 446 g/mol. The predicted molar refractivity (Wildman–Crippen MR) is 133 cm³/mol. The molecule has 0 bridgehead atoms. The fourth-order valence-electron chi connectivity index (χ4n) is 3.66. The van der Waals surface area contributed by atoms with Gasteiger partial charge in [0.25, 0.3) is 5.91 Å². The lowest BCUT2D eigenvalue weighted by molar-refractivity contribution is 0.102. The number of fused-ring (bicyclic) bond motifs is 1. The van der Waals surface area contributed by atoms with Gasteiger partial charge in [0.15, 0.2) is 11.5 Å². The van der Waals surface area contributed by atoms with Crippen LogP contribution in [0.15, 0.2) is 79.1 Å². The summed E-state index contributed by atoms with van der Waals surface area (Å²) >= 11 is 0. The van der Waals surface area contributed by atoms with E-state index in [2.05, 4.69) is 21.0 Å². The van der Waals surface area contributed by atoms with Gasteiger partial charge in [0, 0.05) is 23.0 Å². The quantitative estimate of drug-likeness (QED) is 0.388. The molecule has 0 saturated heterocycles. The largest absolute Gasteiger partial charge is 0.486 e.